The van der Waals surface area contributed by atoms with Gasteiger partial charge in [0, 0.05) is 36.9 Å². The predicted molar refractivity (Wildman–Crippen MR) is 140 cm³/mol. The summed E-state index contributed by atoms with van der Waals surface area (Å²) in [6.45, 7) is 7.27. The number of benzene rings is 2. The van der Waals surface area contributed by atoms with Gasteiger partial charge in [-0.3, -0.25) is 9.78 Å². The van der Waals surface area contributed by atoms with Gasteiger partial charge in [0.25, 0.3) is 0 Å². The van der Waals surface area contributed by atoms with E-state index in [1.165, 1.54) is 6.07 Å². The average Bonchev–Trinajstić information content (AvgIpc) is 2.86. The summed E-state index contributed by atoms with van der Waals surface area (Å²) < 4.78 is 69.5. The van der Waals surface area contributed by atoms with Crippen LogP contribution >= 0.6 is 0 Å². The van der Waals surface area contributed by atoms with Gasteiger partial charge in [0.2, 0.25) is 15.9 Å². The molecule has 2 unspecified atom stereocenters. The fraction of sp³-hybridized carbons (Fsp3) is 0.357. The van der Waals surface area contributed by atoms with E-state index in [1.807, 2.05) is 27.7 Å². The number of sulfonamides is 1. The lowest BCUT2D eigenvalue weighted by atomic mass is 9.80. The van der Waals surface area contributed by atoms with Crippen LogP contribution in [0.4, 0.5) is 13.2 Å². The van der Waals surface area contributed by atoms with E-state index >= 15 is 0 Å². The van der Waals surface area contributed by atoms with E-state index in [2.05, 4.69) is 9.71 Å². The summed E-state index contributed by atoms with van der Waals surface area (Å²) in [5.41, 5.74) is -0.0176. The minimum Gasteiger partial charge on any atom is -0.337 e. The van der Waals surface area contributed by atoms with E-state index in [-0.39, 0.29) is 24.5 Å². The minimum absolute atomic E-state index is 0.145. The third-order valence-electron chi connectivity index (χ3n) is 6.28. The predicted octanol–water partition coefficient (Wildman–Crippen LogP) is 5.59. The van der Waals surface area contributed by atoms with Crippen molar-refractivity contribution < 1.29 is 26.4 Å². The molecule has 0 saturated carbocycles. The molecule has 0 radical (unpaired) electrons. The van der Waals surface area contributed by atoms with Gasteiger partial charge in [-0.2, -0.15) is 13.2 Å². The van der Waals surface area contributed by atoms with Crippen LogP contribution in [0.15, 0.2) is 84.0 Å². The molecule has 0 aliphatic heterocycles. The smallest absolute Gasteiger partial charge is 0.337 e. The highest BCUT2D eigenvalue weighted by Gasteiger charge is 2.39. The molecule has 0 fully saturated rings. The molecule has 0 spiro atoms. The van der Waals surface area contributed by atoms with Gasteiger partial charge in [0.1, 0.15) is 0 Å². The van der Waals surface area contributed by atoms with Crippen LogP contribution in [0.1, 0.15) is 56.2 Å². The number of amides is 1. The first-order valence-electron chi connectivity index (χ1n) is 12.3. The fourth-order valence-corrected chi connectivity index (χ4v) is 6.00. The molecule has 1 heterocycles. The van der Waals surface area contributed by atoms with Crippen LogP contribution in [0.3, 0.4) is 0 Å². The maximum absolute atomic E-state index is 14.1. The quantitative estimate of drug-likeness (QED) is 0.359. The van der Waals surface area contributed by atoms with E-state index in [1.54, 1.807) is 59.8 Å². The molecule has 2 atom stereocenters. The summed E-state index contributed by atoms with van der Waals surface area (Å²) in [4.78, 5) is 19.1. The lowest BCUT2D eigenvalue weighted by Crippen LogP contribution is -2.47. The second kappa shape index (κ2) is 12.1. The molecule has 0 aliphatic carbocycles. The standard InChI is InChI=1S/C28H32F3N3O3S/c1-19(2)34(20(3)4)27(35)26(22-13-10-16-32-17-22)23(21-11-6-5-7-12-21)18-33-38(36,37)25-15-9-8-14-24(25)28(29,30)31/h5-17,19-20,23,26,33H,18H2,1-4H3. The van der Waals surface area contributed by atoms with Crippen molar-refractivity contribution in [1.29, 1.82) is 0 Å². The Balaban J connectivity index is 2.10. The van der Waals surface area contributed by atoms with Gasteiger partial charge in [-0.25, -0.2) is 13.1 Å². The Morgan fingerprint density at radius 2 is 1.47 bits per heavy atom. The lowest BCUT2D eigenvalue weighted by molar-refractivity contribution is -0.140. The number of pyridine rings is 1. The second-order valence-electron chi connectivity index (χ2n) is 9.56. The Hall–Kier alpha value is -3.24. The normalized spacial score (nSPS) is 13.9. The zero-order chi connectivity index (χ0) is 28.1. The van der Waals surface area contributed by atoms with Gasteiger partial charge in [-0.05, 0) is 57.0 Å². The van der Waals surface area contributed by atoms with Crippen molar-refractivity contribution in [2.45, 2.75) is 62.7 Å². The molecule has 38 heavy (non-hydrogen) atoms. The maximum Gasteiger partial charge on any atom is 0.417 e. The van der Waals surface area contributed by atoms with Crippen molar-refractivity contribution in [2.75, 3.05) is 6.54 Å². The first-order valence-corrected chi connectivity index (χ1v) is 13.8. The summed E-state index contributed by atoms with van der Waals surface area (Å²) in [6, 6.07) is 16.0. The number of nitrogens with one attached hydrogen (secondary N) is 1. The van der Waals surface area contributed by atoms with E-state index in [4.69, 9.17) is 0 Å². The largest absolute Gasteiger partial charge is 0.417 e. The Kier molecular flexibility index (Phi) is 9.32. The topological polar surface area (TPSA) is 79.4 Å². The number of alkyl halides is 3. The third-order valence-corrected chi connectivity index (χ3v) is 7.76. The Morgan fingerprint density at radius 3 is 2.03 bits per heavy atom. The van der Waals surface area contributed by atoms with Crippen LogP contribution in [-0.4, -0.2) is 42.8 Å². The highest BCUT2D eigenvalue weighted by Crippen LogP contribution is 2.37. The van der Waals surface area contributed by atoms with Gasteiger partial charge in [0.15, 0.2) is 0 Å². The monoisotopic (exact) mass is 547 g/mol. The number of halogens is 3. The van der Waals surface area contributed by atoms with Crippen LogP contribution < -0.4 is 4.72 Å². The molecular formula is C28H32F3N3O3S. The first-order chi connectivity index (χ1) is 17.8. The van der Waals surface area contributed by atoms with Crippen LogP contribution in [0.2, 0.25) is 0 Å². The number of hydrogen-bond donors (Lipinski definition) is 1. The summed E-state index contributed by atoms with van der Waals surface area (Å²) >= 11 is 0. The van der Waals surface area contributed by atoms with Gasteiger partial charge in [-0.15, -0.1) is 0 Å². The molecule has 0 aliphatic rings. The highest BCUT2D eigenvalue weighted by atomic mass is 32.2. The molecule has 6 nitrogen and oxygen atoms in total. The molecule has 0 saturated heterocycles. The molecule has 3 aromatic rings. The van der Waals surface area contributed by atoms with Crippen LogP contribution in [0.25, 0.3) is 0 Å². The van der Waals surface area contributed by atoms with Crippen molar-refractivity contribution >= 4 is 15.9 Å². The van der Waals surface area contributed by atoms with E-state index in [0.717, 1.165) is 18.2 Å². The van der Waals surface area contributed by atoms with Gasteiger partial charge in [0.05, 0.1) is 16.4 Å². The molecule has 1 N–H and O–H groups in total. The molecule has 10 heteroatoms. The van der Waals surface area contributed by atoms with Crippen molar-refractivity contribution in [2.24, 2.45) is 0 Å². The van der Waals surface area contributed by atoms with Crippen molar-refractivity contribution in [3.8, 4) is 0 Å². The van der Waals surface area contributed by atoms with E-state index in [0.29, 0.717) is 11.1 Å². The van der Waals surface area contributed by atoms with Crippen LogP contribution in [-0.2, 0) is 21.0 Å². The number of carbonyl (C=O) groups excluding carboxylic acids is 1. The SMILES string of the molecule is CC(C)N(C(=O)C(c1cccnc1)C(CNS(=O)(=O)c1ccccc1C(F)(F)F)c1ccccc1)C(C)C. The molecule has 204 valence electrons. The Bertz CT molecular complexity index is 1310. The number of aromatic nitrogens is 1. The molecular weight excluding hydrogens is 515 g/mol. The second-order valence-corrected chi connectivity index (χ2v) is 11.3. The Morgan fingerprint density at radius 1 is 0.895 bits per heavy atom. The number of nitrogens with zero attached hydrogens (tertiary/aromatic N) is 2. The molecule has 1 aromatic heterocycles. The van der Waals surface area contributed by atoms with Gasteiger partial charge < -0.3 is 4.90 Å². The van der Waals surface area contributed by atoms with Gasteiger partial charge >= 0.3 is 6.18 Å². The third kappa shape index (κ3) is 6.79. The fourth-order valence-electron chi connectivity index (χ4n) is 4.71. The van der Waals surface area contributed by atoms with E-state index in [9.17, 15) is 26.4 Å². The number of carbonyl (C=O) groups is 1. The zero-order valence-corrected chi connectivity index (χ0v) is 22.5. The molecule has 2 aromatic carbocycles. The molecule has 1 amide bonds. The van der Waals surface area contributed by atoms with E-state index < -0.39 is 38.5 Å². The van der Waals surface area contributed by atoms with Crippen molar-refractivity contribution in [1.82, 2.24) is 14.6 Å². The van der Waals surface area contributed by atoms with Gasteiger partial charge in [-0.1, -0.05) is 48.5 Å². The molecule has 0 bridgehead atoms. The maximum atomic E-state index is 14.1. The summed E-state index contributed by atoms with van der Waals surface area (Å²) in [6.07, 6.45) is -1.72. The van der Waals surface area contributed by atoms with Crippen molar-refractivity contribution in [3.63, 3.8) is 0 Å². The summed E-state index contributed by atoms with van der Waals surface area (Å²) in [5.74, 6) is -1.82. The summed E-state index contributed by atoms with van der Waals surface area (Å²) in [5, 5.41) is 0. The minimum atomic E-state index is -4.85. The summed E-state index contributed by atoms with van der Waals surface area (Å²) in [7, 11) is -4.58. The zero-order valence-electron chi connectivity index (χ0n) is 21.7. The highest BCUT2D eigenvalue weighted by molar-refractivity contribution is 7.89. The lowest BCUT2D eigenvalue weighted by Gasteiger charge is -2.37. The molecule has 3 rings (SSSR count). The van der Waals surface area contributed by atoms with Crippen molar-refractivity contribution in [3.05, 3.63) is 95.8 Å². The Labute approximate surface area is 222 Å². The number of rotatable bonds is 10. The number of hydrogen-bond acceptors (Lipinski definition) is 4. The first kappa shape index (κ1) is 29.3. The van der Waals surface area contributed by atoms with Crippen LogP contribution in [0, 0.1) is 0 Å². The van der Waals surface area contributed by atoms with Crippen LogP contribution in [0.5, 0.6) is 0 Å². The average molecular weight is 548 g/mol.